The van der Waals surface area contributed by atoms with Gasteiger partial charge in [-0.1, -0.05) is 0 Å². The van der Waals surface area contributed by atoms with Crippen LogP contribution in [0.2, 0.25) is 0 Å². The summed E-state index contributed by atoms with van der Waals surface area (Å²) in [7, 11) is 0. The van der Waals surface area contributed by atoms with Gasteiger partial charge in [0, 0.05) is 22.0 Å². The van der Waals surface area contributed by atoms with Gasteiger partial charge in [0.05, 0.1) is 4.70 Å². The molecule has 2 aromatic rings. The molecule has 0 unspecified atom stereocenters. The van der Waals surface area contributed by atoms with Crippen molar-refractivity contribution in [2.45, 2.75) is 0 Å². The largest absolute Gasteiger partial charge is 0.398 e. The molecule has 2 nitrogen and oxygen atoms in total. The molecule has 4 heteroatoms. The molecule has 0 aliphatic heterocycles. The van der Waals surface area contributed by atoms with Gasteiger partial charge in [-0.2, -0.15) is 0 Å². The number of nitrogens with two attached hydrogens (primary N) is 1. The Morgan fingerprint density at radius 1 is 1.46 bits per heavy atom. The molecular weight excluding hydrogens is 189 g/mol. The summed E-state index contributed by atoms with van der Waals surface area (Å²) in [6, 6.07) is 2.78. The van der Waals surface area contributed by atoms with E-state index in [0.717, 1.165) is 0 Å². The van der Waals surface area contributed by atoms with Gasteiger partial charge < -0.3 is 5.73 Å². The van der Waals surface area contributed by atoms with Gasteiger partial charge in [0.2, 0.25) is 0 Å². The molecule has 0 amide bonds. The van der Waals surface area contributed by atoms with Crippen molar-refractivity contribution < 1.29 is 9.18 Å². The number of rotatable bonds is 1. The first kappa shape index (κ1) is 8.19. The Labute approximate surface area is 77.8 Å². The van der Waals surface area contributed by atoms with E-state index in [4.69, 9.17) is 5.73 Å². The first-order chi connectivity index (χ1) is 6.24. The Hall–Kier alpha value is -1.42. The van der Waals surface area contributed by atoms with Crippen LogP contribution in [0.5, 0.6) is 0 Å². The van der Waals surface area contributed by atoms with Gasteiger partial charge in [0.1, 0.15) is 5.82 Å². The van der Waals surface area contributed by atoms with Crippen LogP contribution in [-0.2, 0) is 0 Å². The van der Waals surface area contributed by atoms with Gasteiger partial charge in [0.15, 0.2) is 6.29 Å². The highest BCUT2D eigenvalue weighted by Crippen LogP contribution is 2.31. The number of anilines is 1. The van der Waals surface area contributed by atoms with E-state index < -0.39 is 5.82 Å². The Bertz CT molecular complexity index is 478. The van der Waals surface area contributed by atoms with Gasteiger partial charge in [-0.05, 0) is 12.1 Å². The molecule has 0 saturated heterocycles. The third-order valence-corrected chi connectivity index (χ3v) is 2.90. The lowest BCUT2D eigenvalue weighted by atomic mass is 10.1. The maximum Gasteiger partial charge on any atom is 0.151 e. The molecule has 0 spiro atoms. The summed E-state index contributed by atoms with van der Waals surface area (Å²) in [6.07, 6.45) is 0.640. The highest BCUT2D eigenvalue weighted by atomic mass is 32.1. The van der Waals surface area contributed by atoms with Crippen LogP contribution in [0.4, 0.5) is 10.1 Å². The van der Waals surface area contributed by atoms with Gasteiger partial charge in [-0.25, -0.2) is 4.39 Å². The number of fused-ring (bicyclic) bond motifs is 1. The van der Waals surface area contributed by atoms with E-state index in [2.05, 4.69) is 0 Å². The number of halogens is 1. The second-order valence-corrected chi connectivity index (χ2v) is 3.53. The molecule has 0 atom stereocenters. The Kier molecular flexibility index (Phi) is 1.77. The summed E-state index contributed by atoms with van der Waals surface area (Å²) in [5.41, 5.74) is 6.50. The zero-order valence-corrected chi connectivity index (χ0v) is 7.40. The summed E-state index contributed by atoms with van der Waals surface area (Å²) >= 11 is 1.28. The number of nitrogen functional groups attached to an aromatic ring is 1. The molecule has 0 saturated carbocycles. The summed E-state index contributed by atoms with van der Waals surface area (Å²) in [5.74, 6) is -0.396. The number of carbonyl (C=O) groups is 1. The minimum atomic E-state index is -0.396. The summed E-state index contributed by atoms with van der Waals surface area (Å²) in [5, 5.41) is 1.94. The van der Waals surface area contributed by atoms with E-state index in [1.54, 1.807) is 5.38 Å². The van der Waals surface area contributed by atoms with E-state index in [1.807, 2.05) is 0 Å². The van der Waals surface area contributed by atoms with Gasteiger partial charge in [0.25, 0.3) is 0 Å². The van der Waals surface area contributed by atoms with E-state index >= 15 is 0 Å². The third kappa shape index (κ3) is 1.10. The molecule has 0 radical (unpaired) electrons. The number of hydrogen-bond acceptors (Lipinski definition) is 3. The van der Waals surface area contributed by atoms with Crippen molar-refractivity contribution in [3.8, 4) is 0 Å². The Morgan fingerprint density at radius 2 is 2.23 bits per heavy atom. The molecule has 0 fully saturated rings. The van der Waals surface area contributed by atoms with E-state index in [0.29, 0.717) is 27.6 Å². The van der Waals surface area contributed by atoms with Gasteiger partial charge >= 0.3 is 0 Å². The minimum absolute atomic E-state index is 0.333. The first-order valence-corrected chi connectivity index (χ1v) is 4.52. The van der Waals surface area contributed by atoms with E-state index in [9.17, 15) is 9.18 Å². The van der Waals surface area contributed by atoms with Crippen molar-refractivity contribution in [3.63, 3.8) is 0 Å². The maximum atomic E-state index is 13.2. The minimum Gasteiger partial charge on any atom is -0.398 e. The molecule has 66 valence electrons. The number of hydrogen-bond donors (Lipinski definition) is 1. The standard InChI is InChI=1S/C9H6FNOS/c10-6-1-2-7(11)9-8(6)5(3-12)4-13-9/h1-4H,11H2. The quantitative estimate of drug-likeness (QED) is 0.561. The number of benzene rings is 1. The summed E-state index contributed by atoms with van der Waals surface area (Å²) < 4.78 is 13.9. The van der Waals surface area contributed by atoms with Crippen molar-refractivity contribution in [2.24, 2.45) is 0 Å². The van der Waals surface area contributed by atoms with Gasteiger partial charge in [-0.3, -0.25) is 4.79 Å². The molecule has 1 heterocycles. The van der Waals surface area contributed by atoms with Crippen LogP contribution in [0.1, 0.15) is 10.4 Å². The zero-order valence-electron chi connectivity index (χ0n) is 6.58. The van der Waals surface area contributed by atoms with Gasteiger partial charge in [-0.15, -0.1) is 11.3 Å². The van der Waals surface area contributed by atoms with Crippen LogP contribution in [0.25, 0.3) is 10.1 Å². The van der Waals surface area contributed by atoms with Crippen LogP contribution in [0, 0.1) is 5.82 Å². The lowest BCUT2D eigenvalue weighted by Gasteiger charge is -1.96. The highest BCUT2D eigenvalue weighted by molar-refractivity contribution is 7.18. The average Bonchev–Trinajstić information content (AvgIpc) is 2.56. The fourth-order valence-electron chi connectivity index (χ4n) is 1.24. The van der Waals surface area contributed by atoms with Crippen molar-refractivity contribution in [1.82, 2.24) is 0 Å². The predicted molar refractivity (Wildman–Crippen MR) is 51.6 cm³/mol. The lowest BCUT2D eigenvalue weighted by Crippen LogP contribution is -1.87. The van der Waals surface area contributed by atoms with Crippen LogP contribution >= 0.6 is 11.3 Å². The van der Waals surface area contributed by atoms with Crippen molar-refractivity contribution in [2.75, 3.05) is 5.73 Å². The molecule has 13 heavy (non-hydrogen) atoms. The molecular formula is C9H6FNOS. The number of thiophene rings is 1. The van der Waals surface area contributed by atoms with E-state index in [1.165, 1.54) is 23.5 Å². The number of aldehydes is 1. The van der Waals surface area contributed by atoms with Crippen molar-refractivity contribution in [1.29, 1.82) is 0 Å². The summed E-state index contributed by atoms with van der Waals surface area (Å²) in [6.45, 7) is 0. The fraction of sp³-hybridized carbons (Fsp3) is 0. The van der Waals surface area contributed by atoms with Crippen LogP contribution in [0.15, 0.2) is 17.5 Å². The molecule has 1 aromatic carbocycles. The average molecular weight is 195 g/mol. The zero-order chi connectivity index (χ0) is 9.42. The molecule has 0 aliphatic rings. The third-order valence-electron chi connectivity index (χ3n) is 1.86. The fourth-order valence-corrected chi connectivity index (χ4v) is 2.19. The Morgan fingerprint density at radius 3 is 2.92 bits per heavy atom. The second-order valence-electron chi connectivity index (χ2n) is 2.65. The monoisotopic (exact) mass is 195 g/mol. The van der Waals surface area contributed by atoms with Crippen LogP contribution < -0.4 is 5.73 Å². The second kappa shape index (κ2) is 2.81. The number of carbonyl (C=O) groups excluding carboxylic acids is 1. The van der Waals surface area contributed by atoms with Crippen LogP contribution in [-0.4, -0.2) is 6.29 Å². The smallest absolute Gasteiger partial charge is 0.151 e. The van der Waals surface area contributed by atoms with Crippen LogP contribution in [0.3, 0.4) is 0 Å². The van der Waals surface area contributed by atoms with Crippen molar-refractivity contribution >= 4 is 33.4 Å². The lowest BCUT2D eigenvalue weighted by molar-refractivity contribution is 0.112. The molecule has 2 rings (SSSR count). The SMILES string of the molecule is Nc1ccc(F)c2c(C=O)csc12. The molecule has 0 bridgehead atoms. The predicted octanol–water partition coefficient (Wildman–Crippen LogP) is 2.44. The highest BCUT2D eigenvalue weighted by Gasteiger charge is 2.10. The molecule has 0 aliphatic carbocycles. The normalized spacial score (nSPS) is 10.5. The molecule has 1 aromatic heterocycles. The summed E-state index contributed by atoms with van der Waals surface area (Å²) in [4.78, 5) is 10.5. The first-order valence-electron chi connectivity index (χ1n) is 3.64. The van der Waals surface area contributed by atoms with Crippen molar-refractivity contribution in [3.05, 3.63) is 28.9 Å². The van der Waals surface area contributed by atoms with E-state index in [-0.39, 0.29) is 0 Å². The topological polar surface area (TPSA) is 43.1 Å². The maximum absolute atomic E-state index is 13.2. The molecule has 2 N–H and O–H groups in total. The Balaban J connectivity index is 2.95.